The maximum absolute atomic E-state index is 12.4. The van der Waals surface area contributed by atoms with Crippen LogP contribution in [-0.4, -0.2) is 34.5 Å². The maximum Gasteiger partial charge on any atom is 0.402 e. The van der Waals surface area contributed by atoms with E-state index < -0.39 is 11.0 Å². The first-order valence-corrected chi connectivity index (χ1v) is 6.24. The van der Waals surface area contributed by atoms with E-state index in [4.69, 9.17) is 0 Å². The molecule has 0 spiro atoms. The summed E-state index contributed by atoms with van der Waals surface area (Å²) in [7, 11) is 0. The molecule has 0 bridgehead atoms. The van der Waals surface area contributed by atoms with Gasteiger partial charge >= 0.3 is 6.18 Å². The fourth-order valence-electron chi connectivity index (χ4n) is 2.18. The monoisotopic (exact) mass is 287 g/mol. The van der Waals surface area contributed by atoms with Gasteiger partial charge in [0.2, 0.25) is 0 Å². The van der Waals surface area contributed by atoms with Crippen molar-refractivity contribution in [2.45, 2.75) is 56.2 Å². The summed E-state index contributed by atoms with van der Waals surface area (Å²) in [6, 6.07) is 0.597. The predicted molar refractivity (Wildman–Crippen MR) is 58.3 cm³/mol. The minimum absolute atomic E-state index is 0.0726. The van der Waals surface area contributed by atoms with Crippen LogP contribution in [0.15, 0.2) is 0 Å². The molecule has 0 aromatic carbocycles. The van der Waals surface area contributed by atoms with Crippen LogP contribution in [-0.2, 0) is 0 Å². The smallest absolute Gasteiger partial charge is 0.296 e. The second-order valence-corrected chi connectivity index (χ2v) is 5.30. The second kappa shape index (κ2) is 5.04. The van der Waals surface area contributed by atoms with Crippen LogP contribution in [0.25, 0.3) is 0 Å². The number of rotatable bonds is 3. The Bertz CT molecular complexity index is 207. The summed E-state index contributed by atoms with van der Waals surface area (Å²) in [4.78, 5) is 0.576. The van der Waals surface area contributed by atoms with Gasteiger partial charge in [-0.25, -0.2) is 0 Å². The highest BCUT2D eigenvalue weighted by Crippen LogP contribution is 2.32. The van der Waals surface area contributed by atoms with E-state index in [9.17, 15) is 13.2 Å². The molecule has 1 rings (SSSR count). The van der Waals surface area contributed by atoms with Crippen LogP contribution in [0.5, 0.6) is 0 Å². The van der Waals surface area contributed by atoms with Crippen molar-refractivity contribution >= 4 is 15.9 Å². The van der Waals surface area contributed by atoms with Crippen molar-refractivity contribution in [3.05, 3.63) is 0 Å². The Balaban J connectivity index is 2.56. The molecule has 1 aliphatic heterocycles. The lowest BCUT2D eigenvalue weighted by molar-refractivity contribution is -0.131. The van der Waals surface area contributed by atoms with Gasteiger partial charge in [-0.2, -0.15) is 13.2 Å². The fraction of sp³-hybridized carbons (Fsp3) is 1.00. The van der Waals surface area contributed by atoms with E-state index in [1.165, 1.54) is 0 Å². The lowest BCUT2D eigenvalue weighted by atomic mass is 10.1. The van der Waals surface area contributed by atoms with Gasteiger partial charge in [-0.3, -0.25) is 4.90 Å². The molecule has 0 amide bonds. The number of hydrogen-bond acceptors (Lipinski definition) is 1. The highest BCUT2D eigenvalue weighted by atomic mass is 79.9. The zero-order chi connectivity index (χ0) is 11.6. The summed E-state index contributed by atoms with van der Waals surface area (Å²) in [6.45, 7) is 4.11. The zero-order valence-electron chi connectivity index (χ0n) is 9.02. The van der Waals surface area contributed by atoms with Crippen molar-refractivity contribution in [3.63, 3.8) is 0 Å². The van der Waals surface area contributed by atoms with Gasteiger partial charge in [-0.15, -0.1) is 0 Å². The molecule has 1 heterocycles. The van der Waals surface area contributed by atoms with Crippen molar-refractivity contribution in [1.82, 2.24) is 4.90 Å². The Kier molecular flexibility index (Phi) is 4.47. The molecule has 1 aliphatic rings. The van der Waals surface area contributed by atoms with Gasteiger partial charge in [0.05, 0.1) is 0 Å². The summed E-state index contributed by atoms with van der Waals surface area (Å²) >= 11 is 2.73. The molecule has 3 unspecified atom stereocenters. The van der Waals surface area contributed by atoms with Crippen LogP contribution >= 0.6 is 15.9 Å². The van der Waals surface area contributed by atoms with Crippen LogP contribution < -0.4 is 0 Å². The minimum atomic E-state index is -4.14. The molecule has 1 nitrogen and oxygen atoms in total. The SMILES string of the molecule is CCC1CCC(C)N1CC(Br)C(F)(F)F. The Morgan fingerprint density at radius 3 is 2.47 bits per heavy atom. The molecule has 3 atom stereocenters. The van der Waals surface area contributed by atoms with E-state index in [0.29, 0.717) is 6.04 Å². The molecule has 1 fully saturated rings. The van der Waals surface area contributed by atoms with Crippen molar-refractivity contribution in [3.8, 4) is 0 Å². The van der Waals surface area contributed by atoms with E-state index in [2.05, 4.69) is 15.9 Å². The number of halogens is 4. The van der Waals surface area contributed by atoms with E-state index in [0.717, 1.165) is 19.3 Å². The third-order valence-corrected chi connectivity index (χ3v) is 3.96. The van der Waals surface area contributed by atoms with Crippen LogP contribution in [0.2, 0.25) is 0 Å². The largest absolute Gasteiger partial charge is 0.402 e. The standard InChI is InChI=1S/C10H17BrF3N/c1-3-8-5-4-7(2)15(8)6-9(11)10(12,13)14/h7-9H,3-6H2,1-2H3. The molecule has 0 radical (unpaired) electrons. The van der Waals surface area contributed by atoms with E-state index in [1.807, 2.05) is 18.7 Å². The maximum atomic E-state index is 12.4. The lowest BCUT2D eigenvalue weighted by Crippen LogP contribution is -2.42. The van der Waals surface area contributed by atoms with Crippen molar-refractivity contribution in [1.29, 1.82) is 0 Å². The van der Waals surface area contributed by atoms with Gasteiger partial charge in [0.1, 0.15) is 4.83 Å². The Morgan fingerprint density at radius 1 is 1.40 bits per heavy atom. The number of alkyl halides is 4. The third kappa shape index (κ3) is 3.34. The fourth-order valence-corrected chi connectivity index (χ4v) is 2.52. The average Bonchev–Trinajstić information content (AvgIpc) is 2.46. The summed E-state index contributed by atoms with van der Waals surface area (Å²) in [5.41, 5.74) is 0. The molecule has 5 heteroatoms. The molecule has 0 aliphatic carbocycles. The van der Waals surface area contributed by atoms with Crippen LogP contribution in [0.4, 0.5) is 13.2 Å². The molecular weight excluding hydrogens is 271 g/mol. The van der Waals surface area contributed by atoms with Crippen LogP contribution in [0.1, 0.15) is 33.1 Å². The summed E-state index contributed by atoms with van der Waals surface area (Å²) in [6.07, 6.45) is -1.17. The van der Waals surface area contributed by atoms with E-state index in [-0.39, 0.29) is 12.6 Å². The highest BCUT2D eigenvalue weighted by molar-refractivity contribution is 9.09. The second-order valence-electron chi connectivity index (χ2n) is 4.19. The molecular formula is C10H17BrF3N. The first-order valence-electron chi connectivity index (χ1n) is 5.32. The lowest BCUT2D eigenvalue weighted by Gasteiger charge is -2.30. The van der Waals surface area contributed by atoms with Gasteiger partial charge in [0.15, 0.2) is 0 Å². The quantitative estimate of drug-likeness (QED) is 0.718. The van der Waals surface area contributed by atoms with Gasteiger partial charge < -0.3 is 0 Å². The average molecular weight is 288 g/mol. The zero-order valence-corrected chi connectivity index (χ0v) is 10.6. The van der Waals surface area contributed by atoms with Crippen LogP contribution in [0, 0.1) is 0 Å². The van der Waals surface area contributed by atoms with Gasteiger partial charge in [0, 0.05) is 18.6 Å². The predicted octanol–water partition coefficient (Wildman–Crippen LogP) is 3.58. The third-order valence-electron chi connectivity index (χ3n) is 3.15. The molecule has 0 aromatic heterocycles. The first kappa shape index (κ1) is 13.3. The van der Waals surface area contributed by atoms with Crippen molar-refractivity contribution < 1.29 is 13.2 Å². The summed E-state index contributed by atoms with van der Waals surface area (Å²) < 4.78 is 37.2. The van der Waals surface area contributed by atoms with Gasteiger partial charge in [0.25, 0.3) is 0 Å². The molecule has 90 valence electrons. The molecule has 1 saturated heterocycles. The van der Waals surface area contributed by atoms with Crippen LogP contribution in [0.3, 0.4) is 0 Å². The van der Waals surface area contributed by atoms with Crippen molar-refractivity contribution in [2.24, 2.45) is 0 Å². The normalized spacial score (nSPS) is 30.8. The van der Waals surface area contributed by atoms with E-state index in [1.54, 1.807) is 0 Å². The molecule has 15 heavy (non-hydrogen) atoms. The van der Waals surface area contributed by atoms with E-state index >= 15 is 0 Å². The molecule has 0 N–H and O–H groups in total. The number of nitrogens with zero attached hydrogens (tertiary/aromatic N) is 1. The number of hydrogen-bond donors (Lipinski definition) is 0. The minimum Gasteiger partial charge on any atom is -0.296 e. The molecule has 0 aromatic rings. The topological polar surface area (TPSA) is 3.24 Å². The van der Waals surface area contributed by atoms with Crippen molar-refractivity contribution in [2.75, 3.05) is 6.54 Å². The van der Waals surface area contributed by atoms with Gasteiger partial charge in [-0.05, 0) is 26.2 Å². The summed E-state index contributed by atoms with van der Waals surface area (Å²) in [5.74, 6) is 0. The molecule has 0 saturated carbocycles. The Hall–Kier alpha value is 0.230. The van der Waals surface area contributed by atoms with Gasteiger partial charge in [-0.1, -0.05) is 22.9 Å². The Labute approximate surface area is 97.1 Å². The highest BCUT2D eigenvalue weighted by Gasteiger charge is 2.41. The number of likely N-dealkylation sites (tertiary alicyclic amines) is 1. The first-order chi connectivity index (χ1) is 6.86. The Morgan fingerprint density at radius 2 is 2.00 bits per heavy atom. The summed E-state index contributed by atoms with van der Waals surface area (Å²) in [5, 5.41) is 0.